The van der Waals surface area contributed by atoms with Crippen molar-refractivity contribution in [2.45, 2.75) is 266 Å². The van der Waals surface area contributed by atoms with Crippen LogP contribution in [0.4, 0.5) is 0 Å². The largest absolute Gasteiger partial charge is 0.356 e. The van der Waals surface area contributed by atoms with E-state index in [1.165, 1.54) is 167 Å². The molecule has 8 nitrogen and oxygen atoms in total. The van der Waals surface area contributed by atoms with Gasteiger partial charge in [0.05, 0.1) is 25.7 Å². The second kappa shape index (κ2) is 43.8. The summed E-state index contributed by atoms with van der Waals surface area (Å²) in [4.78, 5) is 25.8. The molecule has 1 atom stereocenters. The van der Waals surface area contributed by atoms with Crippen molar-refractivity contribution in [3.63, 3.8) is 0 Å². The van der Waals surface area contributed by atoms with Crippen molar-refractivity contribution in [3.8, 4) is 6.07 Å². The van der Waals surface area contributed by atoms with E-state index in [4.69, 9.17) is 14.3 Å². The van der Waals surface area contributed by atoms with Gasteiger partial charge in [-0.05, 0) is 40.5 Å². The molecular formula is C49H97N4O4P. The predicted molar refractivity (Wildman–Crippen MR) is 250 cm³/mol. The van der Waals surface area contributed by atoms with E-state index >= 15 is 0 Å². The van der Waals surface area contributed by atoms with Crippen LogP contribution in [0.3, 0.4) is 0 Å². The molecule has 0 aliphatic carbocycles. The lowest BCUT2D eigenvalue weighted by molar-refractivity contribution is -0.121. The van der Waals surface area contributed by atoms with E-state index in [0.29, 0.717) is 45.6 Å². The van der Waals surface area contributed by atoms with E-state index < -0.39 is 8.53 Å². The van der Waals surface area contributed by atoms with Gasteiger partial charge in [-0.2, -0.15) is 5.26 Å². The molecular weight excluding hydrogens is 740 g/mol. The zero-order valence-corrected chi connectivity index (χ0v) is 40.3. The minimum absolute atomic E-state index is 0.0716. The molecule has 0 aromatic rings. The molecule has 0 aromatic carbocycles. The highest BCUT2D eigenvalue weighted by Gasteiger charge is 2.28. The number of rotatable bonds is 45. The normalized spacial score (nSPS) is 12.2. The Morgan fingerprint density at radius 3 is 1.12 bits per heavy atom. The Bertz CT molecular complexity index is 888. The second-order valence-electron chi connectivity index (χ2n) is 17.7. The van der Waals surface area contributed by atoms with Crippen LogP contribution < -0.4 is 10.6 Å². The Labute approximate surface area is 362 Å². The van der Waals surface area contributed by atoms with Crippen molar-refractivity contribution in [3.05, 3.63) is 0 Å². The zero-order valence-electron chi connectivity index (χ0n) is 39.4. The first kappa shape index (κ1) is 56.7. The molecule has 0 saturated heterocycles. The lowest BCUT2D eigenvalue weighted by Crippen LogP contribution is -2.39. The number of nitrogens with one attached hydrogen (secondary N) is 2. The molecule has 0 aliphatic rings. The first-order valence-electron chi connectivity index (χ1n) is 25.0. The first-order chi connectivity index (χ1) is 28.3. The molecule has 2 N–H and O–H groups in total. The highest BCUT2D eigenvalue weighted by Crippen LogP contribution is 2.46. The Morgan fingerprint density at radius 2 is 0.828 bits per heavy atom. The van der Waals surface area contributed by atoms with Gasteiger partial charge in [0.2, 0.25) is 11.8 Å². The molecule has 0 radical (unpaired) electrons. The highest BCUT2D eigenvalue weighted by molar-refractivity contribution is 7.44. The summed E-state index contributed by atoms with van der Waals surface area (Å²) in [7, 11) is -1.39. The summed E-state index contributed by atoms with van der Waals surface area (Å²) < 4.78 is 14.8. The summed E-state index contributed by atoms with van der Waals surface area (Å²) in [5.74, 6) is 0.0606. The van der Waals surface area contributed by atoms with E-state index in [0.717, 1.165) is 25.7 Å². The van der Waals surface area contributed by atoms with Gasteiger partial charge in [-0.15, -0.1) is 0 Å². The number of carbonyl (C=O) groups excluding carboxylic acids is 2. The number of nitrogens with zero attached hydrogens (tertiary/aromatic N) is 2. The van der Waals surface area contributed by atoms with Crippen molar-refractivity contribution in [2.75, 3.05) is 26.3 Å². The monoisotopic (exact) mass is 837 g/mol. The fourth-order valence-corrected chi connectivity index (χ4v) is 9.36. The molecule has 0 spiro atoms. The lowest BCUT2D eigenvalue weighted by atomic mass is 10.0. The van der Waals surface area contributed by atoms with E-state index in [9.17, 15) is 9.59 Å². The van der Waals surface area contributed by atoms with Gasteiger partial charge in [-0.1, -0.05) is 194 Å². The van der Waals surface area contributed by atoms with E-state index in [1.807, 2.05) is 0 Å². The van der Waals surface area contributed by atoms with Gasteiger partial charge in [0.25, 0.3) is 8.53 Å². The second-order valence-corrected chi connectivity index (χ2v) is 19.2. The molecule has 58 heavy (non-hydrogen) atoms. The lowest BCUT2D eigenvalue weighted by Gasteiger charge is -2.36. The first-order valence-corrected chi connectivity index (χ1v) is 26.1. The van der Waals surface area contributed by atoms with Gasteiger partial charge >= 0.3 is 0 Å². The predicted octanol–water partition coefficient (Wildman–Crippen LogP) is 14.7. The zero-order chi connectivity index (χ0) is 42.7. The standard InChI is InChI=1S/C49H97N4O4P/c1-7-9-11-13-15-17-19-21-23-25-27-29-31-33-35-38-48(54)51-42-47(44-57-58(56-41-37-40-50)53(45(3)4)46(5)6)43-52-49(55)39-36-34-32-30-28-26-24-22-20-18-16-14-12-10-8-2/h45-47H,7-39,41-44H2,1-6H3,(H,51,54)(H,52,55). The molecule has 2 amide bonds. The molecule has 0 rings (SSSR count). The van der Waals surface area contributed by atoms with Gasteiger partial charge in [-0.25, -0.2) is 4.67 Å². The number of nitriles is 1. The van der Waals surface area contributed by atoms with Crippen LogP contribution in [0.2, 0.25) is 0 Å². The van der Waals surface area contributed by atoms with E-state index in [-0.39, 0.29) is 29.8 Å². The van der Waals surface area contributed by atoms with Gasteiger partial charge in [0.1, 0.15) is 0 Å². The minimum atomic E-state index is -1.39. The molecule has 0 heterocycles. The van der Waals surface area contributed by atoms with Gasteiger partial charge in [0.15, 0.2) is 0 Å². The quantitative estimate of drug-likeness (QED) is 0.0468. The average Bonchev–Trinajstić information content (AvgIpc) is 3.20. The maximum atomic E-state index is 12.9. The van der Waals surface area contributed by atoms with E-state index in [2.05, 4.69) is 62.9 Å². The molecule has 0 bridgehead atoms. The number of unbranched alkanes of at least 4 members (excludes halogenated alkanes) is 28. The minimum Gasteiger partial charge on any atom is -0.356 e. The van der Waals surface area contributed by atoms with Crippen LogP contribution in [-0.4, -0.2) is 54.9 Å². The number of carbonyl (C=O) groups is 2. The number of amides is 2. The van der Waals surface area contributed by atoms with Gasteiger partial charge in [-0.3, -0.25) is 9.59 Å². The molecule has 342 valence electrons. The fraction of sp³-hybridized carbons (Fsp3) is 0.939. The maximum absolute atomic E-state index is 12.9. The SMILES string of the molecule is CCCCCCCCCCCCCCCCCC(=O)NCC(CNC(=O)CCCCCCCCCCCCCCCCC)COP(OCCC#N)N(C(C)C)C(C)C. The van der Waals surface area contributed by atoms with Crippen molar-refractivity contribution < 1.29 is 18.6 Å². The summed E-state index contributed by atoms with van der Waals surface area (Å²) in [6.07, 6.45) is 40.6. The molecule has 0 aliphatic heterocycles. The molecule has 9 heteroatoms. The van der Waals surface area contributed by atoms with Crippen molar-refractivity contribution >= 4 is 20.3 Å². The number of hydrogen-bond donors (Lipinski definition) is 2. The Hall–Kier alpha value is -1.26. The highest BCUT2D eigenvalue weighted by atomic mass is 31.2. The maximum Gasteiger partial charge on any atom is 0.259 e. The third kappa shape index (κ3) is 37.7. The Balaban J connectivity index is 4.57. The van der Waals surface area contributed by atoms with Gasteiger partial charge < -0.3 is 19.7 Å². The van der Waals surface area contributed by atoms with Crippen LogP contribution in [0, 0.1) is 17.2 Å². The van der Waals surface area contributed by atoms with Crippen LogP contribution >= 0.6 is 8.53 Å². The summed E-state index contributed by atoms with van der Waals surface area (Å²) in [6.45, 7) is 14.6. The van der Waals surface area contributed by atoms with E-state index in [1.54, 1.807) is 0 Å². The van der Waals surface area contributed by atoms with Crippen LogP contribution in [-0.2, 0) is 18.6 Å². The Morgan fingerprint density at radius 1 is 0.517 bits per heavy atom. The van der Waals surface area contributed by atoms with Crippen molar-refractivity contribution in [1.29, 1.82) is 5.26 Å². The average molecular weight is 837 g/mol. The molecule has 0 aromatic heterocycles. The summed E-state index contributed by atoms with van der Waals surface area (Å²) in [6, 6.07) is 2.57. The van der Waals surface area contributed by atoms with Crippen LogP contribution in [0.1, 0.15) is 253 Å². The third-order valence-electron chi connectivity index (χ3n) is 11.3. The summed E-state index contributed by atoms with van der Waals surface area (Å²) in [5, 5.41) is 15.4. The summed E-state index contributed by atoms with van der Waals surface area (Å²) >= 11 is 0. The third-order valence-corrected chi connectivity index (χ3v) is 13.3. The number of hydrogen-bond acceptors (Lipinski definition) is 6. The van der Waals surface area contributed by atoms with Crippen LogP contribution in [0.25, 0.3) is 0 Å². The van der Waals surface area contributed by atoms with Gasteiger partial charge in [0, 0.05) is 43.9 Å². The topological polar surface area (TPSA) is 104 Å². The smallest absolute Gasteiger partial charge is 0.259 e. The van der Waals surface area contributed by atoms with Crippen LogP contribution in [0.5, 0.6) is 0 Å². The fourth-order valence-electron chi connectivity index (χ4n) is 7.68. The van der Waals surface area contributed by atoms with Crippen molar-refractivity contribution in [1.82, 2.24) is 15.3 Å². The Kier molecular flexibility index (Phi) is 42.9. The molecule has 1 unspecified atom stereocenters. The molecule has 0 saturated carbocycles. The summed E-state index contributed by atoms with van der Waals surface area (Å²) in [5.41, 5.74) is 0. The molecule has 0 fully saturated rings. The van der Waals surface area contributed by atoms with Crippen molar-refractivity contribution in [2.24, 2.45) is 5.92 Å². The van der Waals surface area contributed by atoms with Crippen LogP contribution in [0.15, 0.2) is 0 Å².